The molecule has 0 unspecified atom stereocenters. The first-order chi connectivity index (χ1) is 7.59. The van der Waals surface area contributed by atoms with Crippen molar-refractivity contribution < 1.29 is 0 Å². The molecule has 0 aliphatic carbocycles. The van der Waals surface area contributed by atoms with Gasteiger partial charge >= 0.3 is 0 Å². The van der Waals surface area contributed by atoms with Gasteiger partial charge in [0.2, 0.25) is 5.28 Å². The van der Waals surface area contributed by atoms with E-state index in [2.05, 4.69) is 29.0 Å². The molecule has 5 heteroatoms. The lowest BCUT2D eigenvalue weighted by Crippen LogP contribution is -2.04. The summed E-state index contributed by atoms with van der Waals surface area (Å²) in [5.74, 6) is 1.11. The molecule has 2 aromatic rings. The van der Waals surface area contributed by atoms with E-state index in [1.54, 1.807) is 12.4 Å². The highest BCUT2D eigenvalue weighted by molar-refractivity contribution is 6.28. The van der Waals surface area contributed by atoms with Gasteiger partial charge in [-0.3, -0.25) is 9.55 Å². The average molecular weight is 237 g/mol. The Morgan fingerprint density at radius 2 is 2.00 bits per heavy atom. The molecule has 0 aromatic carbocycles. The molecular weight excluding hydrogens is 224 g/mol. The van der Waals surface area contributed by atoms with Gasteiger partial charge in [0, 0.05) is 12.1 Å². The molecule has 0 saturated heterocycles. The number of hydrogen-bond donors (Lipinski definition) is 0. The molecule has 16 heavy (non-hydrogen) atoms. The number of rotatable bonds is 2. The third-order valence-corrected chi connectivity index (χ3v) is 2.53. The lowest BCUT2D eigenvalue weighted by atomic mass is 10.2. The zero-order valence-electron chi connectivity index (χ0n) is 9.48. The van der Waals surface area contributed by atoms with Gasteiger partial charge in [-0.2, -0.15) is 0 Å². The van der Waals surface area contributed by atoms with E-state index in [1.807, 2.05) is 17.6 Å². The third kappa shape index (κ3) is 1.93. The van der Waals surface area contributed by atoms with Crippen LogP contribution in [0, 0.1) is 6.92 Å². The van der Waals surface area contributed by atoms with E-state index in [1.165, 1.54) is 0 Å². The predicted molar refractivity (Wildman–Crippen MR) is 63.0 cm³/mol. The molecule has 0 saturated carbocycles. The first-order valence-electron chi connectivity index (χ1n) is 5.12. The number of aryl methyl sites for hydroxylation is 1. The van der Waals surface area contributed by atoms with E-state index in [4.69, 9.17) is 11.6 Å². The summed E-state index contributed by atoms with van der Waals surface area (Å²) in [6, 6.07) is 2.01. The van der Waals surface area contributed by atoms with Crippen LogP contribution in [0.15, 0.2) is 18.5 Å². The average Bonchev–Trinajstić information content (AvgIpc) is 2.60. The highest BCUT2D eigenvalue weighted by Gasteiger charge is 2.15. The van der Waals surface area contributed by atoms with Crippen molar-refractivity contribution in [3.8, 4) is 5.69 Å². The van der Waals surface area contributed by atoms with Crippen LogP contribution >= 0.6 is 11.6 Å². The molecule has 2 heterocycles. The maximum atomic E-state index is 6.04. The van der Waals surface area contributed by atoms with Crippen LogP contribution in [-0.2, 0) is 0 Å². The second-order valence-corrected chi connectivity index (χ2v) is 4.38. The number of halogens is 1. The van der Waals surface area contributed by atoms with Crippen LogP contribution < -0.4 is 0 Å². The topological polar surface area (TPSA) is 43.6 Å². The molecule has 0 aliphatic heterocycles. The molecule has 84 valence electrons. The lowest BCUT2D eigenvalue weighted by molar-refractivity contribution is 0.744. The van der Waals surface area contributed by atoms with Crippen molar-refractivity contribution in [1.29, 1.82) is 0 Å². The quantitative estimate of drug-likeness (QED) is 0.805. The van der Waals surface area contributed by atoms with Gasteiger partial charge in [0.25, 0.3) is 0 Å². The summed E-state index contributed by atoms with van der Waals surface area (Å²) in [6.07, 6.45) is 3.56. The van der Waals surface area contributed by atoms with Crippen molar-refractivity contribution >= 4 is 11.6 Å². The summed E-state index contributed by atoms with van der Waals surface area (Å²) in [7, 11) is 0. The minimum Gasteiger partial charge on any atom is -0.268 e. The van der Waals surface area contributed by atoms with Crippen molar-refractivity contribution in [2.45, 2.75) is 26.7 Å². The van der Waals surface area contributed by atoms with E-state index >= 15 is 0 Å². The van der Waals surface area contributed by atoms with Crippen LogP contribution in [0.3, 0.4) is 0 Å². The van der Waals surface area contributed by atoms with Crippen LogP contribution in [0.1, 0.15) is 31.2 Å². The predicted octanol–water partition coefficient (Wildman–Crippen LogP) is 2.75. The second kappa shape index (κ2) is 4.22. The Hall–Kier alpha value is -1.42. The van der Waals surface area contributed by atoms with E-state index < -0.39 is 0 Å². The fourth-order valence-electron chi connectivity index (χ4n) is 1.55. The molecule has 0 amide bonds. The highest BCUT2D eigenvalue weighted by Crippen LogP contribution is 2.21. The number of nitrogens with zero attached hydrogens (tertiary/aromatic N) is 4. The maximum absolute atomic E-state index is 6.04. The van der Waals surface area contributed by atoms with E-state index in [-0.39, 0.29) is 5.92 Å². The van der Waals surface area contributed by atoms with Gasteiger partial charge in [0.1, 0.15) is 5.82 Å². The van der Waals surface area contributed by atoms with Gasteiger partial charge in [-0.1, -0.05) is 13.8 Å². The van der Waals surface area contributed by atoms with Crippen molar-refractivity contribution in [3.05, 3.63) is 35.1 Å². The highest BCUT2D eigenvalue weighted by atomic mass is 35.5. The van der Waals surface area contributed by atoms with Crippen LogP contribution in [0.5, 0.6) is 0 Å². The fourth-order valence-corrected chi connectivity index (χ4v) is 1.77. The zero-order chi connectivity index (χ0) is 11.7. The van der Waals surface area contributed by atoms with Crippen molar-refractivity contribution in [2.75, 3.05) is 0 Å². The Bertz CT molecular complexity index is 504. The maximum Gasteiger partial charge on any atom is 0.229 e. The third-order valence-electron chi connectivity index (χ3n) is 2.28. The van der Waals surface area contributed by atoms with Crippen molar-refractivity contribution in [2.24, 2.45) is 0 Å². The van der Waals surface area contributed by atoms with Crippen LogP contribution in [0.25, 0.3) is 5.69 Å². The van der Waals surface area contributed by atoms with E-state index in [0.717, 1.165) is 17.1 Å². The molecule has 2 aromatic heterocycles. The van der Waals surface area contributed by atoms with Gasteiger partial charge in [-0.05, 0) is 30.2 Å². The molecule has 0 aliphatic rings. The number of hydrogen-bond acceptors (Lipinski definition) is 3. The Balaban J connectivity index is 2.59. The molecule has 0 atom stereocenters. The van der Waals surface area contributed by atoms with Gasteiger partial charge in [0.15, 0.2) is 0 Å². The van der Waals surface area contributed by atoms with Crippen molar-refractivity contribution in [3.63, 3.8) is 0 Å². The summed E-state index contributed by atoms with van der Waals surface area (Å²) in [5.41, 5.74) is 1.98. The standard InChI is InChI=1S/C11H13ClN4/c1-7(2)10-14-15-11(12)16(10)9-4-8(3)5-13-6-9/h4-7H,1-3H3. The molecule has 0 N–H and O–H groups in total. The zero-order valence-corrected chi connectivity index (χ0v) is 10.2. The first-order valence-corrected chi connectivity index (χ1v) is 5.50. The normalized spacial score (nSPS) is 11.1. The Morgan fingerprint density at radius 1 is 1.25 bits per heavy atom. The first kappa shape index (κ1) is 11.1. The minimum atomic E-state index is 0.264. The van der Waals surface area contributed by atoms with Gasteiger partial charge in [0.05, 0.1) is 11.9 Å². The summed E-state index contributed by atoms with van der Waals surface area (Å²) >= 11 is 6.04. The van der Waals surface area contributed by atoms with Crippen molar-refractivity contribution in [1.82, 2.24) is 19.7 Å². The largest absolute Gasteiger partial charge is 0.268 e. The summed E-state index contributed by atoms with van der Waals surface area (Å²) in [6.45, 7) is 6.10. The van der Waals surface area contributed by atoms with Gasteiger partial charge in [-0.25, -0.2) is 0 Å². The van der Waals surface area contributed by atoms with Gasteiger partial charge in [-0.15, -0.1) is 10.2 Å². The molecule has 0 bridgehead atoms. The fraction of sp³-hybridized carbons (Fsp3) is 0.364. The van der Waals surface area contributed by atoms with Crippen LogP contribution in [0.4, 0.5) is 0 Å². The number of aromatic nitrogens is 4. The smallest absolute Gasteiger partial charge is 0.229 e. The molecule has 0 radical (unpaired) electrons. The van der Waals surface area contributed by atoms with Gasteiger partial charge < -0.3 is 0 Å². The Kier molecular flexibility index (Phi) is 2.92. The minimum absolute atomic E-state index is 0.264. The summed E-state index contributed by atoms with van der Waals surface area (Å²) < 4.78 is 1.83. The molecule has 2 rings (SSSR count). The SMILES string of the molecule is Cc1cncc(-n2c(Cl)nnc2C(C)C)c1. The lowest BCUT2D eigenvalue weighted by Gasteiger charge is -2.09. The molecular formula is C11H13ClN4. The van der Waals surface area contributed by atoms with E-state index in [0.29, 0.717) is 5.28 Å². The number of pyridine rings is 1. The molecule has 0 spiro atoms. The van der Waals surface area contributed by atoms with Crippen LogP contribution in [-0.4, -0.2) is 19.7 Å². The summed E-state index contributed by atoms with van der Waals surface area (Å²) in [5, 5.41) is 8.34. The van der Waals surface area contributed by atoms with E-state index in [9.17, 15) is 0 Å². The summed E-state index contributed by atoms with van der Waals surface area (Å²) in [4.78, 5) is 4.15. The Morgan fingerprint density at radius 3 is 2.62 bits per heavy atom. The van der Waals surface area contributed by atoms with Crippen LogP contribution in [0.2, 0.25) is 5.28 Å². The Labute approximate surface area is 99.3 Å². The monoisotopic (exact) mass is 236 g/mol. The molecule has 4 nitrogen and oxygen atoms in total. The second-order valence-electron chi connectivity index (χ2n) is 4.04. The molecule has 0 fully saturated rings.